The van der Waals surface area contributed by atoms with Crippen LogP contribution in [0.3, 0.4) is 0 Å². The molecule has 1 aromatic carbocycles. The number of halogens is 1. The van der Waals surface area contributed by atoms with Crippen molar-refractivity contribution in [2.45, 2.75) is 6.92 Å². The molecule has 0 radical (unpaired) electrons. The summed E-state index contributed by atoms with van der Waals surface area (Å²) in [5.41, 5.74) is 8.13. The van der Waals surface area contributed by atoms with Crippen molar-refractivity contribution in [3.8, 4) is 0 Å². The molecule has 1 aromatic heterocycles. The molecule has 96 valence electrons. The van der Waals surface area contributed by atoms with Crippen LogP contribution in [0.1, 0.15) is 21.5 Å². The van der Waals surface area contributed by atoms with Crippen molar-refractivity contribution < 1.29 is 9.79 Å². The van der Waals surface area contributed by atoms with Crippen LogP contribution < -0.4 is 10.7 Å². The average Bonchev–Trinajstić information content (AvgIpc) is 2.38. The zero-order valence-corrected chi connectivity index (χ0v) is 11.1. The van der Waals surface area contributed by atoms with E-state index in [1.54, 1.807) is 6.07 Å². The van der Waals surface area contributed by atoms with Crippen LogP contribution in [0, 0.1) is 6.92 Å². The number of amidine groups is 1. The Morgan fingerprint density at radius 3 is 2.74 bits per heavy atom. The van der Waals surface area contributed by atoms with Crippen molar-refractivity contribution in [1.29, 1.82) is 0 Å². The molecule has 0 atom stereocenters. The number of amides is 1. The SMILES string of the molecule is Cc1cccc(C(N)=[NH+]C(=O)c2ccnc(Cl)c2)c1. The number of aromatic nitrogens is 1. The first kappa shape index (κ1) is 13.2. The zero-order valence-electron chi connectivity index (χ0n) is 10.4. The second-order valence-corrected chi connectivity index (χ2v) is 4.49. The van der Waals surface area contributed by atoms with Crippen LogP contribution >= 0.6 is 11.6 Å². The van der Waals surface area contributed by atoms with E-state index in [4.69, 9.17) is 17.3 Å². The highest BCUT2D eigenvalue weighted by Gasteiger charge is 2.11. The number of carbonyl (C=O) groups is 1. The number of nitrogen functional groups attached to an aromatic ring is 1. The van der Waals surface area contributed by atoms with Crippen LogP contribution in [0.15, 0.2) is 42.6 Å². The lowest BCUT2D eigenvalue weighted by atomic mass is 10.1. The number of hydrogen-bond donors (Lipinski definition) is 2. The van der Waals surface area contributed by atoms with Crippen LogP contribution in [-0.2, 0) is 0 Å². The first-order valence-corrected chi connectivity index (χ1v) is 6.06. The summed E-state index contributed by atoms with van der Waals surface area (Å²) in [5.74, 6) is -0.00931. The quantitative estimate of drug-likeness (QED) is 0.480. The van der Waals surface area contributed by atoms with Crippen molar-refractivity contribution in [2.75, 3.05) is 0 Å². The van der Waals surface area contributed by atoms with Gasteiger partial charge >= 0.3 is 5.91 Å². The van der Waals surface area contributed by atoms with Crippen molar-refractivity contribution in [2.24, 2.45) is 5.73 Å². The highest BCUT2D eigenvalue weighted by Crippen LogP contribution is 2.05. The van der Waals surface area contributed by atoms with Gasteiger partial charge in [-0.2, -0.15) is 0 Å². The van der Waals surface area contributed by atoms with Gasteiger partial charge in [-0.25, -0.2) is 14.8 Å². The van der Waals surface area contributed by atoms with Gasteiger partial charge in [0.1, 0.15) is 5.15 Å². The molecule has 19 heavy (non-hydrogen) atoms. The van der Waals surface area contributed by atoms with Gasteiger partial charge in [-0.05, 0) is 31.2 Å². The van der Waals surface area contributed by atoms with E-state index < -0.39 is 0 Å². The number of nitrogens with one attached hydrogen (secondary N) is 1. The molecule has 0 saturated heterocycles. The van der Waals surface area contributed by atoms with E-state index >= 15 is 0 Å². The molecule has 2 aromatic rings. The Hall–Kier alpha value is -2.20. The normalized spacial score (nSPS) is 11.4. The smallest absolute Gasteiger partial charge is 0.286 e. The third-order valence-electron chi connectivity index (χ3n) is 2.57. The maximum atomic E-state index is 12.0. The molecular formula is C14H13ClN3O+. The molecule has 0 aliphatic carbocycles. The van der Waals surface area contributed by atoms with Crippen molar-refractivity contribution in [1.82, 2.24) is 4.98 Å². The number of pyridine rings is 1. The van der Waals surface area contributed by atoms with E-state index in [0.29, 0.717) is 11.4 Å². The summed E-state index contributed by atoms with van der Waals surface area (Å²) in [7, 11) is 0. The molecule has 0 spiro atoms. The number of aryl methyl sites for hydroxylation is 1. The molecule has 0 aliphatic rings. The number of carbonyl (C=O) groups excluding carboxylic acids is 1. The highest BCUT2D eigenvalue weighted by molar-refractivity contribution is 6.29. The Kier molecular flexibility index (Phi) is 3.92. The van der Waals surface area contributed by atoms with Crippen molar-refractivity contribution in [3.63, 3.8) is 0 Å². The first-order chi connectivity index (χ1) is 9.06. The number of rotatable bonds is 2. The van der Waals surface area contributed by atoms with Gasteiger partial charge in [-0.15, -0.1) is 0 Å². The molecule has 0 saturated carbocycles. The standard InChI is InChI=1S/C14H12ClN3O/c1-9-3-2-4-10(7-9)13(16)18-14(19)11-5-6-17-12(15)8-11/h2-8H,1H3,(H2,16,18,19)/p+1. The Bertz CT molecular complexity index is 653. The van der Waals surface area contributed by atoms with Crippen molar-refractivity contribution in [3.05, 3.63) is 64.4 Å². The number of hydrogen-bond acceptors (Lipinski definition) is 2. The summed E-state index contributed by atoms with van der Waals surface area (Å²) < 4.78 is 0. The van der Waals surface area contributed by atoms with Gasteiger partial charge in [0, 0.05) is 6.20 Å². The second-order valence-electron chi connectivity index (χ2n) is 4.10. The van der Waals surface area contributed by atoms with Crippen LogP contribution in [0.2, 0.25) is 5.15 Å². The molecule has 5 heteroatoms. The predicted molar refractivity (Wildman–Crippen MR) is 74.0 cm³/mol. The number of nitrogens with zero attached hydrogens (tertiary/aromatic N) is 1. The fourth-order valence-electron chi connectivity index (χ4n) is 1.62. The maximum absolute atomic E-state index is 12.0. The van der Waals surface area contributed by atoms with Gasteiger partial charge in [0.15, 0.2) is 0 Å². The van der Waals surface area contributed by atoms with E-state index in [1.807, 2.05) is 31.2 Å². The molecule has 1 heterocycles. The van der Waals surface area contributed by atoms with Crippen molar-refractivity contribution >= 4 is 23.3 Å². The Morgan fingerprint density at radius 1 is 1.26 bits per heavy atom. The molecule has 3 N–H and O–H groups in total. The van der Waals surface area contributed by atoms with Crippen LogP contribution in [-0.4, -0.2) is 16.7 Å². The van der Waals surface area contributed by atoms with E-state index in [0.717, 1.165) is 11.1 Å². The first-order valence-electron chi connectivity index (χ1n) is 5.68. The van der Waals surface area contributed by atoms with Gasteiger partial charge in [-0.3, -0.25) is 5.73 Å². The molecule has 2 rings (SSSR count). The average molecular weight is 275 g/mol. The molecule has 0 aliphatic heterocycles. The van der Waals surface area contributed by atoms with Crippen LogP contribution in [0.4, 0.5) is 0 Å². The zero-order chi connectivity index (χ0) is 13.8. The molecule has 4 nitrogen and oxygen atoms in total. The highest BCUT2D eigenvalue weighted by atomic mass is 35.5. The maximum Gasteiger partial charge on any atom is 0.339 e. The monoisotopic (exact) mass is 274 g/mol. The number of benzene rings is 1. The van der Waals surface area contributed by atoms with E-state index in [-0.39, 0.29) is 11.1 Å². The van der Waals surface area contributed by atoms with E-state index in [1.165, 1.54) is 12.3 Å². The van der Waals surface area contributed by atoms with Crippen LogP contribution in [0.25, 0.3) is 0 Å². The minimum Gasteiger partial charge on any atom is -0.286 e. The molecule has 0 fully saturated rings. The lowest BCUT2D eigenvalue weighted by Crippen LogP contribution is -2.79. The topological polar surface area (TPSA) is 70.0 Å². The largest absolute Gasteiger partial charge is 0.339 e. The lowest BCUT2D eigenvalue weighted by molar-refractivity contribution is -0.345. The second kappa shape index (κ2) is 5.63. The molecule has 1 amide bonds. The van der Waals surface area contributed by atoms with Gasteiger partial charge in [0.25, 0.3) is 5.84 Å². The number of nitrogens with two attached hydrogens (primary N) is 1. The van der Waals surface area contributed by atoms with Gasteiger partial charge in [-0.1, -0.05) is 29.3 Å². The van der Waals surface area contributed by atoms with Gasteiger partial charge in [0.05, 0.1) is 11.1 Å². The summed E-state index contributed by atoms with van der Waals surface area (Å²) in [6.45, 7) is 1.96. The summed E-state index contributed by atoms with van der Waals surface area (Å²) >= 11 is 5.73. The third kappa shape index (κ3) is 3.39. The summed E-state index contributed by atoms with van der Waals surface area (Å²) in [6, 6.07) is 10.6. The minimum absolute atomic E-state index is 0.266. The van der Waals surface area contributed by atoms with Gasteiger partial charge in [0.2, 0.25) is 0 Å². The minimum atomic E-state index is -0.316. The molecular weight excluding hydrogens is 262 g/mol. The van der Waals surface area contributed by atoms with E-state index in [2.05, 4.69) is 9.98 Å². The fraction of sp³-hybridized carbons (Fsp3) is 0.0714. The molecule has 0 unspecified atom stereocenters. The molecule has 0 bridgehead atoms. The van der Waals surface area contributed by atoms with Crippen LogP contribution in [0.5, 0.6) is 0 Å². The summed E-state index contributed by atoms with van der Waals surface area (Å²) in [4.78, 5) is 18.4. The Morgan fingerprint density at radius 2 is 2.05 bits per heavy atom. The Balaban J connectivity index is 2.28. The lowest BCUT2D eigenvalue weighted by Gasteiger charge is -1.98. The summed E-state index contributed by atoms with van der Waals surface area (Å²) in [6.07, 6.45) is 1.47. The van der Waals surface area contributed by atoms with E-state index in [9.17, 15) is 4.79 Å². The van der Waals surface area contributed by atoms with Gasteiger partial charge < -0.3 is 0 Å². The predicted octanol–water partition coefficient (Wildman–Crippen LogP) is 0.670. The Labute approximate surface area is 116 Å². The summed E-state index contributed by atoms with van der Waals surface area (Å²) in [5, 5.41) is 0.266. The fourth-order valence-corrected chi connectivity index (χ4v) is 1.80. The third-order valence-corrected chi connectivity index (χ3v) is 2.77.